The molecule has 9 heteroatoms. The first kappa shape index (κ1) is 20.2. The molecule has 0 saturated heterocycles. The molecule has 0 aliphatic rings. The molecular weight excluding hydrogens is 374 g/mol. The highest BCUT2D eigenvalue weighted by Gasteiger charge is 2.19. The summed E-state index contributed by atoms with van der Waals surface area (Å²) in [5.41, 5.74) is 0.843. The lowest BCUT2D eigenvalue weighted by Gasteiger charge is -2.14. The summed E-state index contributed by atoms with van der Waals surface area (Å²) in [5, 5.41) is 17.0. The van der Waals surface area contributed by atoms with Gasteiger partial charge in [0.15, 0.2) is 6.61 Å². The Labute approximate surface area is 160 Å². The van der Waals surface area contributed by atoms with Gasteiger partial charge in [0.1, 0.15) is 5.69 Å². The first-order chi connectivity index (χ1) is 12.8. The number of anilines is 1. The van der Waals surface area contributed by atoms with Crippen LogP contribution in [0.3, 0.4) is 0 Å². The van der Waals surface area contributed by atoms with E-state index in [4.69, 9.17) is 16.3 Å². The predicted molar refractivity (Wildman–Crippen MR) is 101 cm³/mol. The van der Waals surface area contributed by atoms with E-state index in [0.29, 0.717) is 5.02 Å². The van der Waals surface area contributed by atoms with Crippen molar-refractivity contribution in [2.24, 2.45) is 0 Å². The van der Waals surface area contributed by atoms with Gasteiger partial charge < -0.3 is 15.4 Å². The van der Waals surface area contributed by atoms with E-state index in [1.165, 1.54) is 19.2 Å². The summed E-state index contributed by atoms with van der Waals surface area (Å²) in [7, 11) is 1.53. The van der Waals surface area contributed by atoms with Gasteiger partial charge in [-0.05, 0) is 36.8 Å². The van der Waals surface area contributed by atoms with Crippen LogP contribution in [0.2, 0.25) is 5.02 Å². The molecule has 0 bridgehead atoms. The summed E-state index contributed by atoms with van der Waals surface area (Å²) >= 11 is 5.82. The zero-order valence-electron chi connectivity index (χ0n) is 14.7. The molecule has 0 heterocycles. The van der Waals surface area contributed by atoms with Gasteiger partial charge in [-0.25, -0.2) is 4.79 Å². The molecule has 8 nitrogen and oxygen atoms in total. The van der Waals surface area contributed by atoms with Crippen molar-refractivity contribution in [2.45, 2.75) is 13.0 Å². The van der Waals surface area contributed by atoms with Crippen LogP contribution in [0.1, 0.15) is 28.9 Å². The number of nitrogens with one attached hydrogen (secondary N) is 2. The van der Waals surface area contributed by atoms with Gasteiger partial charge in [-0.15, -0.1) is 0 Å². The number of hydrogen-bond donors (Lipinski definition) is 2. The van der Waals surface area contributed by atoms with E-state index < -0.39 is 23.4 Å². The minimum absolute atomic E-state index is 0.0146. The molecule has 0 fully saturated rings. The third-order valence-corrected chi connectivity index (χ3v) is 4.03. The van der Waals surface area contributed by atoms with Gasteiger partial charge >= 0.3 is 5.97 Å². The number of carbonyl (C=O) groups excluding carboxylic acids is 2. The van der Waals surface area contributed by atoms with Crippen LogP contribution >= 0.6 is 11.6 Å². The molecule has 0 saturated carbocycles. The highest BCUT2D eigenvalue weighted by molar-refractivity contribution is 6.30. The smallest absolute Gasteiger partial charge is 0.338 e. The van der Waals surface area contributed by atoms with Crippen LogP contribution < -0.4 is 10.6 Å². The largest absolute Gasteiger partial charge is 0.452 e. The van der Waals surface area contributed by atoms with Gasteiger partial charge in [0.2, 0.25) is 0 Å². The maximum Gasteiger partial charge on any atom is 0.338 e. The zero-order valence-corrected chi connectivity index (χ0v) is 15.4. The normalized spacial score (nSPS) is 11.4. The number of hydrogen-bond acceptors (Lipinski definition) is 6. The quantitative estimate of drug-likeness (QED) is 0.425. The monoisotopic (exact) mass is 391 g/mol. The van der Waals surface area contributed by atoms with Crippen LogP contribution in [0.5, 0.6) is 0 Å². The molecule has 2 aromatic carbocycles. The lowest BCUT2D eigenvalue weighted by Crippen LogP contribution is -2.31. The summed E-state index contributed by atoms with van der Waals surface area (Å²) in [4.78, 5) is 34.5. The third kappa shape index (κ3) is 5.42. The SMILES string of the molecule is CNc1ccc(C(=O)OCC(=O)N[C@@H](C)c2ccc(Cl)cc2)cc1[N+](=O)[O-]. The number of nitro groups is 1. The molecule has 0 aromatic heterocycles. The van der Waals surface area contributed by atoms with Gasteiger partial charge in [0, 0.05) is 18.1 Å². The summed E-state index contributed by atoms with van der Waals surface area (Å²) in [6.07, 6.45) is 0. The molecule has 0 aliphatic carbocycles. The summed E-state index contributed by atoms with van der Waals surface area (Å²) in [6.45, 7) is 1.28. The Hall–Kier alpha value is -3.13. The molecule has 0 unspecified atom stereocenters. The standard InChI is InChI=1S/C18H18ClN3O5/c1-11(12-3-6-14(19)7-4-12)21-17(23)10-27-18(24)13-5-8-15(20-2)16(9-13)22(25)26/h3-9,11,20H,10H2,1-2H3,(H,21,23)/t11-/m0/s1. The van der Waals surface area contributed by atoms with Crippen molar-refractivity contribution >= 4 is 34.9 Å². The van der Waals surface area contributed by atoms with E-state index in [9.17, 15) is 19.7 Å². The van der Waals surface area contributed by atoms with E-state index in [1.807, 2.05) is 0 Å². The predicted octanol–water partition coefficient (Wildman–Crippen LogP) is 3.32. The van der Waals surface area contributed by atoms with Gasteiger partial charge in [-0.1, -0.05) is 23.7 Å². The Bertz CT molecular complexity index is 855. The number of amides is 1. The fourth-order valence-corrected chi connectivity index (χ4v) is 2.48. The van der Waals surface area contributed by atoms with Crippen molar-refractivity contribution in [3.63, 3.8) is 0 Å². The lowest BCUT2D eigenvalue weighted by atomic mass is 10.1. The molecule has 0 spiro atoms. The molecule has 0 radical (unpaired) electrons. The second-order valence-corrected chi connectivity index (χ2v) is 6.09. The second kappa shape index (κ2) is 9.00. The number of rotatable bonds is 7. The number of nitrogens with zero attached hydrogens (tertiary/aromatic N) is 1. The second-order valence-electron chi connectivity index (χ2n) is 5.66. The maximum atomic E-state index is 12.1. The van der Waals surface area contributed by atoms with Crippen LogP contribution in [-0.2, 0) is 9.53 Å². The summed E-state index contributed by atoms with van der Waals surface area (Å²) in [5.74, 6) is -1.32. The molecule has 2 rings (SSSR count). The molecule has 2 aromatic rings. The van der Waals surface area contributed by atoms with Gasteiger partial charge in [0.25, 0.3) is 11.6 Å². The third-order valence-electron chi connectivity index (χ3n) is 3.78. The molecular formula is C18H18ClN3O5. The van der Waals surface area contributed by atoms with Crippen molar-refractivity contribution in [3.8, 4) is 0 Å². The summed E-state index contributed by atoms with van der Waals surface area (Å²) in [6, 6.07) is 10.6. The molecule has 2 N–H and O–H groups in total. The van der Waals surface area contributed by atoms with Crippen molar-refractivity contribution in [2.75, 3.05) is 19.0 Å². The Kier molecular flexibility index (Phi) is 6.73. The molecule has 142 valence electrons. The minimum atomic E-state index is -0.824. The lowest BCUT2D eigenvalue weighted by molar-refractivity contribution is -0.384. The number of ether oxygens (including phenoxy) is 1. The zero-order chi connectivity index (χ0) is 20.0. The van der Waals surface area contributed by atoms with Crippen LogP contribution in [0, 0.1) is 10.1 Å². The van der Waals surface area contributed by atoms with Crippen molar-refractivity contribution in [3.05, 3.63) is 68.7 Å². The molecule has 27 heavy (non-hydrogen) atoms. The Morgan fingerprint density at radius 3 is 2.48 bits per heavy atom. The fourth-order valence-electron chi connectivity index (χ4n) is 2.35. The van der Waals surface area contributed by atoms with Gasteiger partial charge in [-0.2, -0.15) is 0 Å². The van der Waals surface area contributed by atoms with Crippen molar-refractivity contribution in [1.82, 2.24) is 5.32 Å². The highest BCUT2D eigenvalue weighted by Crippen LogP contribution is 2.25. The maximum absolute atomic E-state index is 12.1. The van der Waals surface area contributed by atoms with E-state index in [0.717, 1.165) is 11.6 Å². The number of esters is 1. The number of halogens is 1. The van der Waals surface area contributed by atoms with Crippen LogP contribution in [0.4, 0.5) is 11.4 Å². The number of carbonyl (C=O) groups is 2. The van der Waals surface area contributed by atoms with Crippen LogP contribution in [-0.4, -0.2) is 30.5 Å². The minimum Gasteiger partial charge on any atom is -0.452 e. The molecule has 1 atom stereocenters. The van der Waals surface area contributed by atoms with Crippen LogP contribution in [0.15, 0.2) is 42.5 Å². The first-order valence-electron chi connectivity index (χ1n) is 8.00. The Balaban J connectivity index is 1.94. The van der Waals surface area contributed by atoms with E-state index in [1.54, 1.807) is 31.2 Å². The topological polar surface area (TPSA) is 111 Å². The van der Waals surface area contributed by atoms with E-state index in [-0.39, 0.29) is 23.0 Å². The van der Waals surface area contributed by atoms with Gasteiger partial charge in [0.05, 0.1) is 16.5 Å². The molecule has 1 amide bonds. The van der Waals surface area contributed by atoms with Crippen LogP contribution in [0.25, 0.3) is 0 Å². The summed E-state index contributed by atoms with van der Waals surface area (Å²) < 4.78 is 4.94. The molecule has 0 aliphatic heterocycles. The van der Waals surface area contributed by atoms with E-state index >= 15 is 0 Å². The highest BCUT2D eigenvalue weighted by atomic mass is 35.5. The Morgan fingerprint density at radius 2 is 1.89 bits per heavy atom. The number of nitro benzene ring substituents is 1. The van der Waals surface area contributed by atoms with Gasteiger partial charge in [-0.3, -0.25) is 14.9 Å². The fraction of sp³-hybridized carbons (Fsp3) is 0.222. The average Bonchev–Trinajstić information content (AvgIpc) is 2.65. The Morgan fingerprint density at radius 1 is 1.22 bits per heavy atom. The van der Waals surface area contributed by atoms with E-state index in [2.05, 4.69) is 10.6 Å². The van der Waals surface area contributed by atoms with Crippen molar-refractivity contribution < 1.29 is 19.2 Å². The first-order valence-corrected chi connectivity index (χ1v) is 8.37. The van der Waals surface area contributed by atoms with Crippen molar-refractivity contribution in [1.29, 1.82) is 0 Å². The number of benzene rings is 2. The average molecular weight is 392 g/mol.